The van der Waals surface area contributed by atoms with Crippen LogP contribution in [0.2, 0.25) is 0 Å². The summed E-state index contributed by atoms with van der Waals surface area (Å²) >= 11 is 0. The van der Waals surface area contributed by atoms with Crippen molar-refractivity contribution < 1.29 is 13.3 Å². The number of anilines is 3. The van der Waals surface area contributed by atoms with E-state index in [0.717, 1.165) is 116 Å². The molecule has 0 aliphatic rings. The molecule has 0 saturated heterocycles. The zero-order chi connectivity index (χ0) is 42.1. The zero-order valence-electron chi connectivity index (χ0n) is 34.5. The Bertz CT molecular complexity index is 3800. The standard InChI is InChI=1S/C60H37NO3/c1-4-14-38(15-5-1)41-24-28-45(29-25-41)61(47-35-43(39-16-6-2-7-17-39)34-44(36-47)40-18-8-3-9-19-40)46-30-26-42(27-31-46)51-37-55-57(56-50-21-11-13-23-53(50)64-60(51)56)58-54(62-55)33-32-49-48-20-10-12-22-52(48)63-59(49)58/h1-37H. The number of nitrogens with zero attached hydrogens (tertiary/aromatic N) is 1. The second kappa shape index (κ2) is 14.5. The first kappa shape index (κ1) is 36.1. The molecule has 4 nitrogen and oxygen atoms in total. The van der Waals surface area contributed by atoms with Crippen molar-refractivity contribution in [2.45, 2.75) is 0 Å². The van der Waals surface area contributed by atoms with Gasteiger partial charge in [-0.3, -0.25) is 0 Å². The van der Waals surface area contributed by atoms with Gasteiger partial charge in [-0.15, -0.1) is 0 Å². The van der Waals surface area contributed by atoms with Gasteiger partial charge in [-0.1, -0.05) is 152 Å². The lowest BCUT2D eigenvalue weighted by Crippen LogP contribution is -2.10. The smallest absolute Gasteiger partial charge is 0.147 e. The van der Waals surface area contributed by atoms with Crippen LogP contribution in [-0.2, 0) is 0 Å². The van der Waals surface area contributed by atoms with Gasteiger partial charge in [0.25, 0.3) is 0 Å². The number of fused-ring (bicyclic) bond motifs is 11. The van der Waals surface area contributed by atoms with Gasteiger partial charge in [-0.25, -0.2) is 0 Å². The molecule has 300 valence electrons. The minimum Gasteiger partial charge on any atom is -0.456 e. The molecule has 0 aliphatic carbocycles. The molecule has 0 saturated carbocycles. The maximum atomic E-state index is 6.83. The number of benzene rings is 10. The van der Waals surface area contributed by atoms with E-state index in [1.807, 2.05) is 24.3 Å². The first-order valence-corrected chi connectivity index (χ1v) is 21.6. The Labute approximate surface area is 368 Å². The number of hydrogen-bond donors (Lipinski definition) is 0. The van der Waals surface area contributed by atoms with Crippen molar-refractivity contribution in [3.8, 4) is 44.5 Å². The largest absolute Gasteiger partial charge is 0.456 e. The normalized spacial score (nSPS) is 11.8. The highest BCUT2D eigenvalue weighted by molar-refractivity contribution is 6.33. The van der Waals surface area contributed by atoms with Crippen LogP contribution >= 0.6 is 0 Å². The molecule has 0 spiro atoms. The molecule has 64 heavy (non-hydrogen) atoms. The topological polar surface area (TPSA) is 42.7 Å². The van der Waals surface area contributed by atoms with E-state index in [1.165, 1.54) is 11.1 Å². The monoisotopic (exact) mass is 819 g/mol. The maximum absolute atomic E-state index is 6.83. The minimum atomic E-state index is 0.780. The highest BCUT2D eigenvalue weighted by Gasteiger charge is 2.24. The Balaban J connectivity index is 1.00. The summed E-state index contributed by atoms with van der Waals surface area (Å²) < 4.78 is 20.2. The highest BCUT2D eigenvalue weighted by Crippen LogP contribution is 2.48. The molecule has 0 unspecified atom stereocenters. The summed E-state index contributed by atoms with van der Waals surface area (Å²) in [6, 6.07) is 79.2. The summed E-state index contributed by atoms with van der Waals surface area (Å²) in [6.07, 6.45) is 0. The van der Waals surface area contributed by atoms with Crippen molar-refractivity contribution in [1.82, 2.24) is 0 Å². The minimum absolute atomic E-state index is 0.780. The van der Waals surface area contributed by atoms with E-state index in [0.29, 0.717) is 0 Å². The van der Waals surface area contributed by atoms with Crippen molar-refractivity contribution in [3.05, 3.63) is 224 Å². The van der Waals surface area contributed by atoms with E-state index in [9.17, 15) is 0 Å². The Hall–Kier alpha value is -8.60. The van der Waals surface area contributed by atoms with Crippen molar-refractivity contribution in [3.63, 3.8) is 0 Å². The molecule has 0 bridgehead atoms. The molecule has 13 rings (SSSR count). The summed E-state index contributed by atoms with van der Waals surface area (Å²) in [5.74, 6) is 0. The molecule has 0 amide bonds. The second-order valence-electron chi connectivity index (χ2n) is 16.4. The van der Waals surface area contributed by atoms with E-state index < -0.39 is 0 Å². The van der Waals surface area contributed by atoms with E-state index >= 15 is 0 Å². The summed E-state index contributed by atoms with van der Waals surface area (Å²) in [5.41, 5.74) is 17.0. The molecule has 4 heteroatoms. The highest BCUT2D eigenvalue weighted by atomic mass is 16.3. The van der Waals surface area contributed by atoms with Crippen LogP contribution in [-0.4, -0.2) is 0 Å². The summed E-state index contributed by atoms with van der Waals surface area (Å²) in [5, 5.41) is 6.17. The van der Waals surface area contributed by atoms with Crippen molar-refractivity contribution >= 4 is 82.9 Å². The lowest BCUT2D eigenvalue weighted by atomic mass is 9.96. The number of para-hydroxylation sites is 2. The first-order chi connectivity index (χ1) is 31.7. The molecular weight excluding hydrogens is 783 g/mol. The molecule has 0 aliphatic heterocycles. The third-order valence-electron chi connectivity index (χ3n) is 12.6. The van der Waals surface area contributed by atoms with Crippen molar-refractivity contribution in [2.24, 2.45) is 0 Å². The van der Waals surface area contributed by atoms with Gasteiger partial charge in [0.2, 0.25) is 0 Å². The van der Waals surface area contributed by atoms with Crippen LogP contribution in [0.3, 0.4) is 0 Å². The molecule has 0 fully saturated rings. The van der Waals surface area contributed by atoms with Crippen LogP contribution in [0.4, 0.5) is 17.1 Å². The fourth-order valence-electron chi connectivity index (χ4n) is 9.64. The Kier molecular flexibility index (Phi) is 8.18. The lowest BCUT2D eigenvalue weighted by molar-refractivity contribution is 0.660. The average molecular weight is 820 g/mol. The predicted octanol–water partition coefficient (Wildman–Crippen LogP) is 17.5. The van der Waals surface area contributed by atoms with E-state index in [1.54, 1.807) is 0 Å². The number of furan rings is 3. The van der Waals surface area contributed by atoms with Crippen LogP contribution in [0.25, 0.3) is 110 Å². The van der Waals surface area contributed by atoms with Crippen LogP contribution in [0.15, 0.2) is 238 Å². The fraction of sp³-hybridized carbons (Fsp3) is 0. The van der Waals surface area contributed by atoms with E-state index in [4.69, 9.17) is 13.3 Å². The maximum Gasteiger partial charge on any atom is 0.147 e. The van der Waals surface area contributed by atoms with Gasteiger partial charge in [0.15, 0.2) is 0 Å². The molecule has 3 aromatic heterocycles. The summed E-state index contributed by atoms with van der Waals surface area (Å²) in [4.78, 5) is 2.36. The summed E-state index contributed by atoms with van der Waals surface area (Å²) in [7, 11) is 0. The van der Waals surface area contributed by atoms with Crippen molar-refractivity contribution in [2.75, 3.05) is 4.90 Å². The van der Waals surface area contributed by atoms with Crippen LogP contribution in [0.5, 0.6) is 0 Å². The number of rotatable bonds is 7. The molecule has 0 atom stereocenters. The second-order valence-corrected chi connectivity index (χ2v) is 16.4. The SMILES string of the molecule is c1ccc(-c2ccc(N(c3ccc(-c4cc5oc6ccc7c8ccccc8oc7c6c5c5c4oc4ccccc45)cc3)c3cc(-c4ccccc4)cc(-c4ccccc4)c3)cc2)cc1. The molecular formula is C60H37NO3. The van der Waals surface area contributed by atoms with E-state index in [-0.39, 0.29) is 0 Å². The predicted molar refractivity (Wildman–Crippen MR) is 265 cm³/mol. The van der Waals surface area contributed by atoms with Gasteiger partial charge in [0.05, 0.1) is 5.39 Å². The van der Waals surface area contributed by atoms with Crippen LogP contribution in [0, 0.1) is 0 Å². The van der Waals surface area contributed by atoms with Gasteiger partial charge in [0.1, 0.15) is 33.5 Å². The lowest BCUT2D eigenvalue weighted by Gasteiger charge is -2.27. The Morgan fingerprint density at radius 2 is 0.750 bits per heavy atom. The molecule has 0 N–H and O–H groups in total. The van der Waals surface area contributed by atoms with Gasteiger partial charge in [-0.2, -0.15) is 0 Å². The first-order valence-electron chi connectivity index (χ1n) is 21.6. The Morgan fingerprint density at radius 1 is 0.250 bits per heavy atom. The summed E-state index contributed by atoms with van der Waals surface area (Å²) in [6.45, 7) is 0. The fourth-order valence-corrected chi connectivity index (χ4v) is 9.64. The average Bonchev–Trinajstić information content (AvgIpc) is 4.06. The van der Waals surface area contributed by atoms with Gasteiger partial charge < -0.3 is 18.2 Å². The van der Waals surface area contributed by atoms with Gasteiger partial charge >= 0.3 is 0 Å². The molecule has 10 aromatic carbocycles. The zero-order valence-corrected chi connectivity index (χ0v) is 34.5. The van der Waals surface area contributed by atoms with E-state index in [2.05, 4.69) is 205 Å². The van der Waals surface area contributed by atoms with Crippen LogP contribution < -0.4 is 4.90 Å². The van der Waals surface area contributed by atoms with Crippen LogP contribution in [0.1, 0.15) is 0 Å². The molecule has 13 aromatic rings. The van der Waals surface area contributed by atoms with Gasteiger partial charge in [-0.05, 0) is 112 Å². The van der Waals surface area contributed by atoms with Crippen molar-refractivity contribution in [1.29, 1.82) is 0 Å². The quantitative estimate of drug-likeness (QED) is 0.161. The molecule has 0 radical (unpaired) electrons. The number of hydrogen-bond acceptors (Lipinski definition) is 4. The molecule has 3 heterocycles. The third-order valence-corrected chi connectivity index (χ3v) is 12.6. The van der Waals surface area contributed by atoms with Gasteiger partial charge in [0, 0.05) is 49.6 Å². The third kappa shape index (κ3) is 5.84. The Morgan fingerprint density at radius 3 is 1.38 bits per heavy atom.